The molecule has 1 aromatic carbocycles. The molecule has 3 heteroatoms. The number of halogens is 1. The summed E-state index contributed by atoms with van der Waals surface area (Å²) in [7, 11) is 0. The minimum Gasteiger partial charge on any atom is -0.481 e. The van der Waals surface area contributed by atoms with Gasteiger partial charge in [-0.15, -0.1) is 0 Å². The van der Waals surface area contributed by atoms with Gasteiger partial charge in [0.25, 0.3) is 0 Å². The first kappa shape index (κ1) is 13.4. The molecule has 0 heterocycles. The van der Waals surface area contributed by atoms with E-state index < -0.39 is 11.4 Å². The van der Waals surface area contributed by atoms with Crippen LogP contribution in [0.1, 0.15) is 38.2 Å². The number of carboxylic acids is 1. The summed E-state index contributed by atoms with van der Waals surface area (Å²) in [4.78, 5) is 11.6. The van der Waals surface area contributed by atoms with Crippen molar-refractivity contribution < 1.29 is 9.90 Å². The van der Waals surface area contributed by atoms with Crippen molar-refractivity contribution in [3.05, 3.63) is 34.9 Å². The monoisotopic (exact) mass is 266 g/mol. The minimum absolute atomic E-state index is 0.561. The number of rotatable bonds is 4. The maximum absolute atomic E-state index is 11.6. The smallest absolute Gasteiger partial charge is 0.309 e. The zero-order valence-corrected chi connectivity index (χ0v) is 11.4. The van der Waals surface area contributed by atoms with E-state index >= 15 is 0 Å². The third kappa shape index (κ3) is 2.69. The van der Waals surface area contributed by atoms with Gasteiger partial charge in [-0.3, -0.25) is 4.79 Å². The van der Waals surface area contributed by atoms with Crippen LogP contribution in [0.2, 0.25) is 5.02 Å². The summed E-state index contributed by atoms with van der Waals surface area (Å²) in [6.45, 7) is 2.14. The average molecular weight is 267 g/mol. The summed E-state index contributed by atoms with van der Waals surface area (Å²) in [5, 5.41) is 10.3. The Labute approximate surface area is 113 Å². The van der Waals surface area contributed by atoms with Gasteiger partial charge in [-0.2, -0.15) is 0 Å². The fraction of sp³-hybridized carbons (Fsp3) is 0.533. The number of aliphatic carboxylic acids is 1. The lowest BCUT2D eigenvalue weighted by Gasteiger charge is -2.24. The van der Waals surface area contributed by atoms with Crippen LogP contribution in [0.25, 0.3) is 0 Å². The molecule has 0 spiro atoms. The van der Waals surface area contributed by atoms with Crippen molar-refractivity contribution in [2.24, 2.45) is 11.3 Å². The second-order valence-electron chi connectivity index (χ2n) is 5.41. The summed E-state index contributed by atoms with van der Waals surface area (Å²) in [6, 6.07) is 7.54. The van der Waals surface area contributed by atoms with E-state index in [0.29, 0.717) is 17.4 Å². The van der Waals surface area contributed by atoms with Crippen molar-refractivity contribution in [2.75, 3.05) is 0 Å². The highest BCUT2D eigenvalue weighted by Crippen LogP contribution is 2.45. The van der Waals surface area contributed by atoms with E-state index in [4.69, 9.17) is 11.6 Å². The van der Waals surface area contributed by atoms with Crippen LogP contribution in [-0.4, -0.2) is 11.1 Å². The second kappa shape index (κ2) is 5.31. The largest absolute Gasteiger partial charge is 0.481 e. The number of hydrogen-bond donors (Lipinski definition) is 1. The van der Waals surface area contributed by atoms with Gasteiger partial charge in [0, 0.05) is 5.02 Å². The zero-order valence-electron chi connectivity index (χ0n) is 10.7. The summed E-state index contributed by atoms with van der Waals surface area (Å²) < 4.78 is 0. The molecule has 1 aromatic rings. The molecule has 0 bridgehead atoms. The van der Waals surface area contributed by atoms with Crippen molar-refractivity contribution in [2.45, 2.75) is 39.0 Å². The molecular weight excluding hydrogens is 248 g/mol. The molecular formula is C15H19ClO2. The molecule has 1 aliphatic rings. The fourth-order valence-electron chi connectivity index (χ4n) is 3.01. The predicted octanol–water partition coefficient (Wildman–Crippen LogP) is 4.16. The molecule has 98 valence electrons. The summed E-state index contributed by atoms with van der Waals surface area (Å²) in [5.41, 5.74) is 0.507. The molecule has 2 rings (SSSR count). The number of hydrogen-bond acceptors (Lipinski definition) is 1. The van der Waals surface area contributed by atoms with E-state index in [2.05, 4.69) is 6.92 Å². The SMILES string of the molecule is CCC1CCC(Cc2ccc(Cl)cc2)(C(=O)O)C1. The van der Waals surface area contributed by atoms with Crippen molar-refractivity contribution in [1.29, 1.82) is 0 Å². The van der Waals surface area contributed by atoms with Gasteiger partial charge in [-0.1, -0.05) is 37.1 Å². The summed E-state index contributed by atoms with van der Waals surface area (Å²) >= 11 is 5.85. The average Bonchev–Trinajstić information content (AvgIpc) is 2.77. The van der Waals surface area contributed by atoms with E-state index in [1.807, 2.05) is 24.3 Å². The highest BCUT2D eigenvalue weighted by molar-refractivity contribution is 6.30. The molecule has 1 saturated carbocycles. The number of carboxylic acid groups (broad SMARTS) is 1. The van der Waals surface area contributed by atoms with Crippen LogP contribution >= 0.6 is 11.6 Å². The van der Waals surface area contributed by atoms with E-state index in [9.17, 15) is 9.90 Å². The Bertz CT molecular complexity index is 427. The molecule has 0 aliphatic heterocycles. The van der Waals surface area contributed by atoms with E-state index in [0.717, 1.165) is 31.2 Å². The molecule has 0 radical (unpaired) electrons. The van der Waals surface area contributed by atoms with Gasteiger partial charge in [0.1, 0.15) is 0 Å². The molecule has 2 nitrogen and oxygen atoms in total. The summed E-state index contributed by atoms with van der Waals surface area (Å²) in [6.07, 6.45) is 4.34. The van der Waals surface area contributed by atoms with Gasteiger partial charge >= 0.3 is 5.97 Å². The Morgan fingerprint density at radius 1 is 1.44 bits per heavy atom. The minimum atomic E-state index is -0.645. The summed E-state index contributed by atoms with van der Waals surface area (Å²) in [5.74, 6) is -0.0817. The van der Waals surface area contributed by atoms with Crippen molar-refractivity contribution >= 4 is 17.6 Å². The Morgan fingerprint density at radius 3 is 2.61 bits per heavy atom. The number of benzene rings is 1. The third-order valence-corrected chi connectivity index (χ3v) is 4.45. The molecule has 1 aliphatic carbocycles. The first-order valence-electron chi connectivity index (χ1n) is 6.53. The van der Waals surface area contributed by atoms with Gasteiger partial charge in [-0.25, -0.2) is 0 Å². The molecule has 2 atom stereocenters. The maximum atomic E-state index is 11.6. The predicted molar refractivity (Wildman–Crippen MR) is 72.9 cm³/mol. The van der Waals surface area contributed by atoms with Gasteiger partial charge in [-0.05, 0) is 49.3 Å². The Balaban J connectivity index is 2.17. The van der Waals surface area contributed by atoms with Crippen molar-refractivity contribution in [1.82, 2.24) is 0 Å². The highest BCUT2D eigenvalue weighted by Gasteiger charge is 2.44. The van der Waals surface area contributed by atoms with Gasteiger partial charge in [0.2, 0.25) is 0 Å². The normalized spacial score (nSPS) is 27.3. The lowest BCUT2D eigenvalue weighted by atomic mass is 9.79. The standard InChI is InChI=1S/C15H19ClO2/c1-2-11-7-8-15(9-11,14(17)18)10-12-3-5-13(16)6-4-12/h3-6,11H,2,7-10H2,1H3,(H,17,18). The molecule has 1 N–H and O–H groups in total. The van der Waals surface area contributed by atoms with Gasteiger partial charge < -0.3 is 5.11 Å². The van der Waals surface area contributed by atoms with Crippen LogP contribution < -0.4 is 0 Å². The Hall–Kier alpha value is -1.02. The molecule has 0 saturated heterocycles. The van der Waals surface area contributed by atoms with Crippen molar-refractivity contribution in [3.63, 3.8) is 0 Å². The molecule has 1 fully saturated rings. The highest BCUT2D eigenvalue weighted by atomic mass is 35.5. The second-order valence-corrected chi connectivity index (χ2v) is 5.84. The van der Waals surface area contributed by atoms with Crippen LogP contribution in [-0.2, 0) is 11.2 Å². The Kier molecular flexibility index (Phi) is 3.96. The number of carbonyl (C=O) groups is 1. The lowest BCUT2D eigenvalue weighted by molar-refractivity contribution is -0.148. The molecule has 0 amide bonds. The van der Waals surface area contributed by atoms with E-state index in [1.54, 1.807) is 0 Å². The third-order valence-electron chi connectivity index (χ3n) is 4.20. The van der Waals surface area contributed by atoms with Crippen LogP contribution in [0.5, 0.6) is 0 Å². The van der Waals surface area contributed by atoms with Crippen LogP contribution in [0.15, 0.2) is 24.3 Å². The molecule has 2 unspecified atom stereocenters. The van der Waals surface area contributed by atoms with Crippen molar-refractivity contribution in [3.8, 4) is 0 Å². The Morgan fingerprint density at radius 2 is 2.11 bits per heavy atom. The van der Waals surface area contributed by atoms with Gasteiger partial charge in [0.05, 0.1) is 5.41 Å². The fourth-order valence-corrected chi connectivity index (χ4v) is 3.13. The quantitative estimate of drug-likeness (QED) is 0.888. The molecule has 0 aromatic heterocycles. The van der Waals surface area contributed by atoms with Crippen LogP contribution in [0, 0.1) is 11.3 Å². The van der Waals surface area contributed by atoms with E-state index in [1.165, 1.54) is 0 Å². The van der Waals surface area contributed by atoms with E-state index in [-0.39, 0.29) is 0 Å². The first-order valence-corrected chi connectivity index (χ1v) is 6.91. The maximum Gasteiger partial charge on any atom is 0.309 e. The topological polar surface area (TPSA) is 37.3 Å². The lowest BCUT2D eigenvalue weighted by Crippen LogP contribution is -2.30. The van der Waals surface area contributed by atoms with Crippen LogP contribution in [0.4, 0.5) is 0 Å². The van der Waals surface area contributed by atoms with Crippen LogP contribution in [0.3, 0.4) is 0 Å². The first-order chi connectivity index (χ1) is 8.55. The molecule has 18 heavy (non-hydrogen) atoms. The zero-order chi connectivity index (χ0) is 13.2. The van der Waals surface area contributed by atoms with Gasteiger partial charge in [0.15, 0.2) is 0 Å².